The van der Waals surface area contributed by atoms with E-state index in [9.17, 15) is 4.79 Å². The third kappa shape index (κ3) is 4.11. The minimum Gasteiger partial charge on any atom is -0.338 e. The molecular formula is C23H28N6O. The van der Waals surface area contributed by atoms with Crippen LogP contribution in [0.3, 0.4) is 0 Å². The first-order chi connectivity index (χ1) is 14.5. The number of carbonyl (C=O) groups is 1. The molecule has 0 bridgehead atoms. The zero-order valence-electron chi connectivity index (χ0n) is 17.8. The first kappa shape index (κ1) is 20.2. The maximum absolute atomic E-state index is 13.7. The van der Waals surface area contributed by atoms with Gasteiger partial charge in [-0.1, -0.05) is 12.1 Å². The van der Waals surface area contributed by atoms with Crippen LogP contribution in [0, 0.1) is 0 Å². The summed E-state index contributed by atoms with van der Waals surface area (Å²) in [6, 6.07) is 9.62. The zero-order chi connectivity index (χ0) is 21.1. The summed E-state index contributed by atoms with van der Waals surface area (Å²) in [7, 11) is 1.85. The number of pyridine rings is 2. The number of imidazole rings is 1. The van der Waals surface area contributed by atoms with Crippen LogP contribution in [0.4, 0.5) is 0 Å². The van der Waals surface area contributed by atoms with Crippen LogP contribution in [0.25, 0.3) is 0 Å². The van der Waals surface area contributed by atoms with Gasteiger partial charge in [-0.3, -0.25) is 19.7 Å². The lowest BCUT2D eigenvalue weighted by atomic mass is 9.99. The van der Waals surface area contributed by atoms with E-state index < -0.39 is 0 Å². The second-order valence-electron chi connectivity index (χ2n) is 8.08. The van der Waals surface area contributed by atoms with Crippen molar-refractivity contribution in [2.75, 3.05) is 13.6 Å². The first-order valence-corrected chi connectivity index (χ1v) is 10.4. The number of nitrogens with zero attached hydrogens (tertiary/aromatic N) is 6. The maximum atomic E-state index is 13.7. The van der Waals surface area contributed by atoms with Crippen molar-refractivity contribution in [3.63, 3.8) is 0 Å². The van der Waals surface area contributed by atoms with Gasteiger partial charge in [-0.2, -0.15) is 0 Å². The summed E-state index contributed by atoms with van der Waals surface area (Å²) >= 11 is 0. The van der Waals surface area contributed by atoms with Crippen LogP contribution in [0.5, 0.6) is 0 Å². The average molecular weight is 405 g/mol. The third-order valence-electron chi connectivity index (χ3n) is 5.57. The van der Waals surface area contributed by atoms with E-state index in [1.807, 2.05) is 43.8 Å². The molecule has 0 N–H and O–H groups in total. The molecule has 156 valence electrons. The first-order valence-electron chi connectivity index (χ1n) is 10.4. The number of aromatic nitrogens is 4. The maximum Gasteiger partial charge on any atom is 0.246 e. The van der Waals surface area contributed by atoms with Gasteiger partial charge >= 0.3 is 0 Å². The second kappa shape index (κ2) is 8.75. The number of hydrogen-bond donors (Lipinski definition) is 0. The summed E-state index contributed by atoms with van der Waals surface area (Å²) in [5.74, 6) is 0.0629. The number of fused-ring (bicyclic) bond motifs is 1. The van der Waals surface area contributed by atoms with E-state index in [1.54, 1.807) is 17.3 Å². The Morgan fingerprint density at radius 1 is 1.20 bits per heavy atom. The normalized spacial score (nSPS) is 16.5. The molecule has 4 heterocycles. The predicted octanol–water partition coefficient (Wildman–Crippen LogP) is 3.01. The largest absolute Gasteiger partial charge is 0.338 e. The van der Waals surface area contributed by atoms with Crippen LogP contribution in [0.15, 0.2) is 55.2 Å². The van der Waals surface area contributed by atoms with E-state index in [2.05, 4.69) is 44.3 Å². The minimum absolute atomic E-state index is 0.0629. The third-order valence-corrected chi connectivity index (χ3v) is 5.57. The molecule has 7 nitrogen and oxygen atoms in total. The molecule has 3 aromatic rings. The van der Waals surface area contributed by atoms with Gasteiger partial charge in [0.2, 0.25) is 5.91 Å². The Labute approximate surface area is 177 Å². The highest BCUT2D eigenvalue weighted by atomic mass is 16.2. The van der Waals surface area contributed by atoms with E-state index in [-0.39, 0.29) is 18.0 Å². The van der Waals surface area contributed by atoms with Crippen LogP contribution in [0.2, 0.25) is 0 Å². The lowest BCUT2D eigenvalue weighted by Crippen LogP contribution is -2.45. The number of rotatable bonds is 6. The Kier molecular flexibility index (Phi) is 5.90. The molecule has 1 unspecified atom stereocenters. The van der Waals surface area contributed by atoms with Crippen LogP contribution in [-0.2, 0) is 24.3 Å². The monoisotopic (exact) mass is 404 g/mol. The average Bonchev–Trinajstić information content (AvgIpc) is 3.19. The van der Waals surface area contributed by atoms with Crippen molar-refractivity contribution in [3.8, 4) is 0 Å². The fourth-order valence-corrected chi connectivity index (χ4v) is 4.05. The molecular weight excluding hydrogens is 376 g/mol. The number of hydrogen-bond acceptors (Lipinski definition) is 5. The van der Waals surface area contributed by atoms with Crippen molar-refractivity contribution in [2.24, 2.45) is 0 Å². The number of amides is 1. The molecule has 0 spiro atoms. The molecule has 1 aliphatic heterocycles. The van der Waals surface area contributed by atoms with E-state index in [0.717, 1.165) is 35.6 Å². The molecule has 0 fully saturated rings. The van der Waals surface area contributed by atoms with Crippen molar-refractivity contribution in [2.45, 2.75) is 45.4 Å². The van der Waals surface area contributed by atoms with Crippen LogP contribution < -0.4 is 0 Å². The highest BCUT2D eigenvalue weighted by Gasteiger charge is 2.38. The van der Waals surface area contributed by atoms with Gasteiger partial charge < -0.3 is 9.47 Å². The fourth-order valence-electron chi connectivity index (χ4n) is 4.05. The molecule has 0 radical (unpaired) electrons. The van der Waals surface area contributed by atoms with Crippen molar-refractivity contribution < 1.29 is 4.79 Å². The summed E-state index contributed by atoms with van der Waals surface area (Å²) < 4.78 is 2.14. The second-order valence-corrected chi connectivity index (χ2v) is 8.08. The van der Waals surface area contributed by atoms with Gasteiger partial charge in [0, 0.05) is 51.2 Å². The standard InChI is InChI=1S/C23H28N6O/c1-17(2)29-16-26-20-9-12-28(14-18-7-6-10-24-13-18)22(21(20)29)23(30)27(3)15-19-8-4-5-11-25-19/h4-8,10-11,13,16-17,22H,9,12,14-15H2,1-3H3. The van der Waals surface area contributed by atoms with Gasteiger partial charge in [0.1, 0.15) is 6.04 Å². The topological polar surface area (TPSA) is 67.2 Å². The highest BCUT2D eigenvalue weighted by Crippen LogP contribution is 2.33. The van der Waals surface area contributed by atoms with Crippen molar-refractivity contribution in [1.82, 2.24) is 29.3 Å². The minimum atomic E-state index is -0.382. The van der Waals surface area contributed by atoms with Crippen molar-refractivity contribution in [3.05, 3.63) is 77.9 Å². The molecule has 4 rings (SSSR count). The number of likely N-dealkylation sites (N-methyl/N-ethyl adjacent to an activating group) is 1. The van der Waals surface area contributed by atoms with E-state index in [4.69, 9.17) is 0 Å². The Bertz CT molecular complexity index is 985. The predicted molar refractivity (Wildman–Crippen MR) is 114 cm³/mol. The van der Waals surface area contributed by atoms with Gasteiger partial charge in [0.25, 0.3) is 0 Å². The Morgan fingerprint density at radius 2 is 2.07 bits per heavy atom. The molecule has 7 heteroatoms. The lowest BCUT2D eigenvalue weighted by molar-refractivity contribution is -0.137. The van der Waals surface area contributed by atoms with Crippen LogP contribution in [-0.4, -0.2) is 48.8 Å². The van der Waals surface area contributed by atoms with Crippen molar-refractivity contribution >= 4 is 5.91 Å². The van der Waals surface area contributed by atoms with Gasteiger partial charge in [-0.25, -0.2) is 4.98 Å². The molecule has 0 saturated heterocycles. The molecule has 0 aromatic carbocycles. The van der Waals surface area contributed by atoms with Gasteiger partial charge in [-0.15, -0.1) is 0 Å². The summed E-state index contributed by atoms with van der Waals surface area (Å²) in [6.45, 7) is 6.18. The fraction of sp³-hybridized carbons (Fsp3) is 0.391. The van der Waals surface area contributed by atoms with E-state index in [1.165, 1.54) is 0 Å². The van der Waals surface area contributed by atoms with E-state index in [0.29, 0.717) is 13.1 Å². The highest BCUT2D eigenvalue weighted by molar-refractivity contribution is 5.83. The molecule has 30 heavy (non-hydrogen) atoms. The van der Waals surface area contributed by atoms with Gasteiger partial charge in [0.15, 0.2) is 0 Å². The number of carbonyl (C=O) groups excluding carboxylic acids is 1. The summed E-state index contributed by atoms with van der Waals surface area (Å²) in [6.07, 6.45) is 8.11. The molecule has 3 aromatic heterocycles. The van der Waals surface area contributed by atoms with E-state index >= 15 is 0 Å². The molecule has 1 atom stereocenters. The Morgan fingerprint density at radius 3 is 2.77 bits per heavy atom. The van der Waals surface area contributed by atoms with Crippen LogP contribution in [0.1, 0.15) is 48.6 Å². The van der Waals surface area contributed by atoms with Gasteiger partial charge in [0.05, 0.1) is 30.0 Å². The summed E-state index contributed by atoms with van der Waals surface area (Å²) in [5.41, 5.74) is 4.01. The van der Waals surface area contributed by atoms with Gasteiger partial charge in [-0.05, 0) is 37.6 Å². The quantitative estimate of drug-likeness (QED) is 0.632. The SMILES string of the molecule is CC(C)n1cnc2c1C(C(=O)N(C)Cc1ccccn1)N(Cc1cccnc1)CC2. The molecule has 0 aliphatic carbocycles. The lowest BCUT2D eigenvalue weighted by Gasteiger charge is -2.37. The summed E-state index contributed by atoms with van der Waals surface area (Å²) in [5, 5.41) is 0. The van der Waals surface area contributed by atoms with Crippen LogP contribution >= 0.6 is 0 Å². The Hall–Kier alpha value is -3.06. The smallest absolute Gasteiger partial charge is 0.246 e. The summed E-state index contributed by atoms with van der Waals surface area (Å²) in [4.78, 5) is 31.0. The zero-order valence-corrected chi connectivity index (χ0v) is 17.8. The Balaban J connectivity index is 1.67. The van der Waals surface area contributed by atoms with Crippen molar-refractivity contribution in [1.29, 1.82) is 0 Å². The molecule has 1 amide bonds. The molecule has 1 aliphatic rings. The molecule has 0 saturated carbocycles.